The van der Waals surface area contributed by atoms with Crippen LogP contribution in [0, 0.1) is 0 Å². The maximum atomic E-state index is 13.1. The first-order chi connectivity index (χ1) is 14.8. The summed E-state index contributed by atoms with van der Waals surface area (Å²) in [6.07, 6.45) is -2.84. The topological polar surface area (TPSA) is 47.4 Å². The molecule has 0 aliphatic rings. The second kappa shape index (κ2) is 9.68. The summed E-state index contributed by atoms with van der Waals surface area (Å²) in [5, 5.41) is 3.51. The molecule has 0 N–H and O–H groups in total. The molecule has 0 aliphatic carbocycles. The van der Waals surface area contributed by atoms with Crippen LogP contribution in [0.3, 0.4) is 0 Å². The molecule has 0 radical (unpaired) electrons. The van der Waals surface area contributed by atoms with Crippen molar-refractivity contribution >= 4 is 5.91 Å². The van der Waals surface area contributed by atoms with Gasteiger partial charge in [0.2, 0.25) is 5.91 Å². The van der Waals surface area contributed by atoms with Gasteiger partial charge in [-0.25, -0.2) is 0 Å². The van der Waals surface area contributed by atoms with E-state index in [1.165, 1.54) is 6.20 Å². The van der Waals surface area contributed by atoms with Gasteiger partial charge < -0.3 is 9.64 Å². The van der Waals surface area contributed by atoms with Gasteiger partial charge >= 0.3 is 6.18 Å². The Bertz CT molecular complexity index is 1000. The Kier molecular flexibility index (Phi) is 6.99. The monoisotopic (exact) mass is 431 g/mol. The molecular weight excluding hydrogens is 407 g/mol. The number of amides is 1. The van der Waals surface area contributed by atoms with Crippen LogP contribution in [-0.4, -0.2) is 33.7 Å². The highest BCUT2D eigenvalue weighted by atomic mass is 19.4. The zero-order valence-electron chi connectivity index (χ0n) is 17.3. The minimum absolute atomic E-state index is 0.221. The quantitative estimate of drug-likeness (QED) is 0.525. The maximum absolute atomic E-state index is 13.1. The van der Waals surface area contributed by atoms with Gasteiger partial charge in [0.1, 0.15) is 12.3 Å². The number of ether oxygens (including phenoxy) is 1. The predicted molar refractivity (Wildman–Crippen MR) is 110 cm³/mol. The highest BCUT2D eigenvalue weighted by molar-refractivity contribution is 5.76. The lowest BCUT2D eigenvalue weighted by Gasteiger charge is -2.30. The van der Waals surface area contributed by atoms with E-state index in [0.29, 0.717) is 13.0 Å². The average molecular weight is 431 g/mol. The Morgan fingerprint density at radius 3 is 2.42 bits per heavy atom. The van der Waals surface area contributed by atoms with E-state index in [1.54, 1.807) is 12.0 Å². The van der Waals surface area contributed by atoms with Crippen molar-refractivity contribution < 1.29 is 22.7 Å². The number of benzene rings is 2. The van der Waals surface area contributed by atoms with E-state index in [4.69, 9.17) is 4.74 Å². The van der Waals surface area contributed by atoms with E-state index in [2.05, 4.69) is 5.10 Å². The molecule has 5 nitrogen and oxygen atoms in total. The largest absolute Gasteiger partial charge is 0.496 e. The predicted octanol–water partition coefficient (Wildman–Crippen LogP) is 4.57. The second-order valence-corrected chi connectivity index (χ2v) is 7.27. The minimum atomic E-state index is -4.55. The summed E-state index contributed by atoms with van der Waals surface area (Å²) < 4.78 is 45.0. The van der Waals surface area contributed by atoms with Crippen molar-refractivity contribution in [2.24, 2.45) is 0 Å². The highest BCUT2D eigenvalue weighted by Crippen LogP contribution is 2.27. The van der Waals surface area contributed by atoms with Gasteiger partial charge in [0, 0.05) is 18.8 Å². The Labute approximate surface area is 179 Å². The fourth-order valence-corrected chi connectivity index (χ4v) is 3.40. The first kappa shape index (κ1) is 22.4. The molecule has 1 aromatic heterocycles. The summed E-state index contributed by atoms with van der Waals surface area (Å²) in [4.78, 5) is 14.8. The first-order valence-corrected chi connectivity index (χ1v) is 9.84. The summed E-state index contributed by atoms with van der Waals surface area (Å²) in [5.74, 6) is 0.409. The van der Waals surface area contributed by atoms with Crippen LogP contribution in [0.4, 0.5) is 13.2 Å². The third-order valence-corrected chi connectivity index (χ3v) is 4.98. The van der Waals surface area contributed by atoms with E-state index < -0.39 is 11.9 Å². The molecule has 164 valence electrons. The number of carbonyl (C=O) groups excluding carboxylic acids is 1. The molecule has 1 amide bonds. The standard InChI is InChI=1S/C23H24F3N3O2/c1-17(14-19-10-6-7-11-20(19)31-2)29(15-18-8-4-3-5-9-18)22(30)16-28-13-12-21(27-28)23(24,25)26/h3-13,17H,14-16H2,1-2H3. The van der Waals surface area contributed by atoms with Crippen LogP contribution in [0.1, 0.15) is 23.7 Å². The summed E-state index contributed by atoms with van der Waals surface area (Å²) in [6, 6.07) is 17.7. The minimum Gasteiger partial charge on any atom is -0.496 e. The summed E-state index contributed by atoms with van der Waals surface area (Å²) in [7, 11) is 1.59. The molecule has 2 aromatic carbocycles. The van der Waals surface area contributed by atoms with Gasteiger partial charge in [-0.15, -0.1) is 0 Å². The molecule has 0 aliphatic heterocycles. The average Bonchev–Trinajstić information content (AvgIpc) is 3.22. The number of hydrogen-bond acceptors (Lipinski definition) is 3. The molecule has 0 saturated carbocycles. The number of carbonyl (C=O) groups is 1. The molecular formula is C23H24F3N3O2. The molecule has 3 rings (SSSR count). The number of methoxy groups -OCH3 is 1. The third kappa shape index (κ3) is 5.87. The molecule has 1 unspecified atom stereocenters. The molecule has 8 heteroatoms. The molecule has 1 heterocycles. The van der Waals surface area contributed by atoms with E-state index >= 15 is 0 Å². The second-order valence-electron chi connectivity index (χ2n) is 7.27. The van der Waals surface area contributed by atoms with Gasteiger partial charge in [-0.2, -0.15) is 18.3 Å². The summed E-state index contributed by atoms with van der Waals surface area (Å²) in [6.45, 7) is 1.97. The normalized spacial score (nSPS) is 12.4. The van der Waals surface area contributed by atoms with E-state index in [9.17, 15) is 18.0 Å². The summed E-state index contributed by atoms with van der Waals surface area (Å²) in [5.41, 5.74) is 0.859. The van der Waals surface area contributed by atoms with Gasteiger partial charge in [-0.05, 0) is 36.6 Å². The van der Waals surface area contributed by atoms with Gasteiger partial charge in [0.25, 0.3) is 0 Å². The van der Waals surface area contributed by atoms with Crippen molar-refractivity contribution in [2.75, 3.05) is 7.11 Å². The number of alkyl halides is 3. The molecule has 3 aromatic rings. The summed E-state index contributed by atoms with van der Waals surface area (Å²) >= 11 is 0. The van der Waals surface area contributed by atoms with Crippen molar-refractivity contribution in [2.45, 2.75) is 38.7 Å². The van der Waals surface area contributed by atoms with Crippen LogP contribution in [0.5, 0.6) is 5.75 Å². The van der Waals surface area contributed by atoms with Crippen LogP contribution >= 0.6 is 0 Å². The van der Waals surface area contributed by atoms with Crippen molar-refractivity contribution in [3.05, 3.63) is 83.7 Å². The molecule has 31 heavy (non-hydrogen) atoms. The molecule has 0 bridgehead atoms. The lowest BCUT2D eigenvalue weighted by molar-refractivity contribution is -0.142. The molecule has 1 atom stereocenters. The van der Waals surface area contributed by atoms with E-state index in [-0.39, 0.29) is 18.5 Å². The SMILES string of the molecule is COc1ccccc1CC(C)N(Cc1ccccc1)C(=O)Cn1ccc(C(F)(F)F)n1. The first-order valence-electron chi connectivity index (χ1n) is 9.84. The zero-order chi connectivity index (χ0) is 22.4. The molecule has 0 saturated heterocycles. The van der Waals surface area contributed by atoms with Crippen LogP contribution in [-0.2, 0) is 30.5 Å². The zero-order valence-corrected chi connectivity index (χ0v) is 17.3. The van der Waals surface area contributed by atoms with Gasteiger partial charge in [-0.3, -0.25) is 9.48 Å². The third-order valence-electron chi connectivity index (χ3n) is 4.98. The number of aromatic nitrogens is 2. The number of nitrogens with zero attached hydrogens (tertiary/aromatic N) is 3. The smallest absolute Gasteiger partial charge is 0.435 e. The lowest BCUT2D eigenvalue weighted by Crippen LogP contribution is -2.41. The van der Waals surface area contributed by atoms with Crippen molar-refractivity contribution in [1.29, 1.82) is 0 Å². The van der Waals surface area contributed by atoms with Crippen LogP contribution < -0.4 is 4.74 Å². The van der Waals surface area contributed by atoms with Crippen molar-refractivity contribution in [3.63, 3.8) is 0 Å². The number of para-hydroxylation sites is 1. The van der Waals surface area contributed by atoms with E-state index in [1.807, 2.05) is 61.5 Å². The Morgan fingerprint density at radius 2 is 1.77 bits per heavy atom. The number of halogens is 3. The van der Waals surface area contributed by atoms with Crippen molar-refractivity contribution in [3.8, 4) is 5.75 Å². The fraction of sp³-hybridized carbons (Fsp3) is 0.304. The van der Waals surface area contributed by atoms with Crippen molar-refractivity contribution in [1.82, 2.24) is 14.7 Å². The van der Waals surface area contributed by atoms with Gasteiger partial charge in [-0.1, -0.05) is 48.5 Å². The Morgan fingerprint density at radius 1 is 1.10 bits per heavy atom. The highest BCUT2D eigenvalue weighted by Gasteiger charge is 2.34. The van der Waals surface area contributed by atoms with Crippen LogP contribution in [0.15, 0.2) is 66.9 Å². The van der Waals surface area contributed by atoms with Gasteiger partial charge in [0.15, 0.2) is 5.69 Å². The fourth-order valence-electron chi connectivity index (χ4n) is 3.40. The van der Waals surface area contributed by atoms with E-state index in [0.717, 1.165) is 27.6 Å². The molecule has 0 fully saturated rings. The number of rotatable bonds is 8. The molecule has 0 spiro atoms. The Balaban J connectivity index is 1.81. The number of hydrogen-bond donors (Lipinski definition) is 0. The van der Waals surface area contributed by atoms with Crippen LogP contribution in [0.25, 0.3) is 0 Å². The maximum Gasteiger partial charge on any atom is 0.435 e. The lowest BCUT2D eigenvalue weighted by atomic mass is 10.0. The Hall–Kier alpha value is -3.29. The van der Waals surface area contributed by atoms with Gasteiger partial charge in [0.05, 0.1) is 7.11 Å². The van der Waals surface area contributed by atoms with Crippen LogP contribution in [0.2, 0.25) is 0 Å².